The summed E-state index contributed by atoms with van der Waals surface area (Å²) < 4.78 is 106. The Bertz CT molecular complexity index is 3430. The van der Waals surface area contributed by atoms with Crippen molar-refractivity contribution >= 4 is 30.4 Å². The fourth-order valence-electron chi connectivity index (χ4n) is 12.3. The SMILES string of the molecule is CN(C)CCCCC(N(Cc1cccc(CO)c1O)CP(=O)(O)O)N(Cc1cccc(CO)c1O)CP(=O)(O)O.CN(C)CCCC[C@@H](CN(Cc1cccc2c1OC(C)(C)OC2)CP(=O)(OC(C)(C)C)OC(C)(C)C)N(Cc1cccc2c1OC(C)(C)OC2)CP(=O)(OC(C)(C)C)OC(C)(C)C.[Fe+2]. The van der Waals surface area contributed by atoms with Crippen molar-refractivity contribution in [2.24, 2.45) is 0 Å². The van der Waals surface area contributed by atoms with Crippen LogP contribution in [0.15, 0.2) is 72.8 Å². The third kappa shape index (κ3) is 33.2. The molecule has 2 heterocycles. The van der Waals surface area contributed by atoms with E-state index in [0.717, 1.165) is 53.1 Å². The zero-order valence-corrected chi connectivity index (χ0v) is 69.9. The van der Waals surface area contributed by atoms with E-state index in [2.05, 4.69) is 40.9 Å². The van der Waals surface area contributed by atoms with Crippen LogP contribution < -0.4 is 9.47 Å². The Morgan fingerprint density at radius 1 is 0.462 bits per heavy atom. The van der Waals surface area contributed by atoms with Crippen LogP contribution in [-0.2, 0) is 116 Å². The quantitative estimate of drug-likeness (QED) is 0.00900. The molecule has 0 saturated carbocycles. The van der Waals surface area contributed by atoms with E-state index in [9.17, 15) is 49.1 Å². The van der Waals surface area contributed by atoms with Crippen LogP contribution in [0.3, 0.4) is 0 Å². The summed E-state index contributed by atoms with van der Waals surface area (Å²) in [6.45, 7) is 32.6. The van der Waals surface area contributed by atoms with Crippen molar-refractivity contribution in [1.82, 2.24) is 29.4 Å². The van der Waals surface area contributed by atoms with Crippen molar-refractivity contribution in [3.05, 3.63) is 117 Å². The number of aliphatic hydroxyl groups is 2. The molecule has 0 saturated heterocycles. The van der Waals surface area contributed by atoms with E-state index in [1.54, 1.807) is 12.1 Å². The van der Waals surface area contributed by atoms with Gasteiger partial charge < -0.3 is 86.8 Å². The van der Waals surface area contributed by atoms with Crippen LogP contribution in [-0.4, -0.2) is 189 Å². The van der Waals surface area contributed by atoms with Crippen molar-refractivity contribution in [3.8, 4) is 23.0 Å². The number of aromatic hydroxyl groups is 2. The average molecular weight is 1590 g/mol. The summed E-state index contributed by atoms with van der Waals surface area (Å²) in [5.41, 5.74) is 1.59. The number of aliphatic hydroxyl groups excluding tert-OH is 2. The minimum absolute atomic E-state index is 0. The number of rotatable bonds is 37. The maximum atomic E-state index is 15.4. The van der Waals surface area contributed by atoms with Crippen LogP contribution >= 0.6 is 30.4 Å². The van der Waals surface area contributed by atoms with Gasteiger partial charge in [0.25, 0.3) is 0 Å². The van der Waals surface area contributed by atoms with Gasteiger partial charge in [0, 0.05) is 111 Å². The van der Waals surface area contributed by atoms with E-state index in [1.165, 1.54) is 34.1 Å². The number of unbranched alkanes of at least 4 members (excludes halogenated alkanes) is 2. The van der Waals surface area contributed by atoms with Crippen molar-refractivity contribution in [2.75, 3.05) is 73.0 Å². The topological polar surface area (TPSA) is 323 Å². The monoisotopic (exact) mass is 1580 g/mol. The third-order valence-corrected chi connectivity index (χ3v) is 22.3. The number of nitrogens with zero attached hydrogens (tertiary/aromatic N) is 6. The molecule has 0 bridgehead atoms. The average Bonchev–Trinajstić information content (AvgIpc) is 0.799. The number of benzene rings is 4. The molecule has 0 amide bonds. The molecule has 4 aromatic rings. The summed E-state index contributed by atoms with van der Waals surface area (Å²) in [5.74, 6) is -0.666. The predicted molar refractivity (Wildman–Crippen MR) is 401 cm³/mol. The molecule has 2 aliphatic rings. The van der Waals surface area contributed by atoms with Gasteiger partial charge in [-0.15, -0.1) is 0 Å². The summed E-state index contributed by atoms with van der Waals surface area (Å²) in [5, 5.41) is 40.5. The smallest absolute Gasteiger partial charge is 0.507 e. The number of para-hydroxylation sites is 4. The predicted octanol–water partition coefficient (Wildman–Crippen LogP) is 13.7. The molecule has 592 valence electrons. The van der Waals surface area contributed by atoms with Crippen molar-refractivity contribution in [3.63, 3.8) is 0 Å². The van der Waals surface area contributed by atoms with Crippen LogP contribution in [0.2, 0.25) is 0 Å². The number of phenols is 2. The second-order valence-electron chi connectivity index (χ2n) is 32.5. The molecule has 104 heavy (non-hydrogen) atoms. The molecule has 6 rings (SSSR count). The Hall–Kier alpha value is -3.20. The van der Waals surface area contributed by atoms with Crippen molar-refractivity contribution < 1.29 is 112 Å². The summed E-state index contributed by atoms with van der Waals surface area (Å²) in [7, 11) is -9.18. The van der Waals surface area contributed by atoms with E-state index in [0.29, 0.717) is 58.7 Å². The van der Waals surface area contributed by atoms with Gasteiger partial charge in [-0.05, 0) is 156 Å². The molecule has 0 aromatic heterocycles. The van der Waals surface area contributed by atoms with Crippen molar-refractivity contribution in [1.29, 1.82) is 0 Å². The molecule has 26 nitrogen and oxygen atoms in total. The first-order valence-electron chi connectivity index (χ1n) is 35.3. The van der Waals surface area contributed by atoms with Gasteiger partial charge in [0.1, 0.15) is 48.1 Å². The van der Waals surface area contributed by atoms with E-state index in [-0.39, 0.29) is 88.9 Å². The second kappa shape index (κ2) is 39.1. The third-order valence-electron chi connectivity index (χ3n) is 16.1. The van der Waals surface area contributed by atoms with Crippen LogP contribution in [0, 0.1) is 0 Å². The van der Waals surface area contributed by atoms with Gasteiger partial charge in [-0.3, -0.25) is 37.9 Å². The molecule has 0 aliphatic carbocycles. The summed E-state index contributed by atoms with van der Waals surface area (Å²) in [4.78, 5) is 51.1. The molecule has 8 N–H and O–H groups in total. The standard InChI is InChI=1S/C48H83N3O10P2.C25H41N3O10P2.Fe/c1-43(2,3)58-62(52,59-44(4,5)6)34-50(29-36-23-21-25-38-32-54-47(13,14)56-41(36)38)31-40(27-19-20-28-49(17)18)51(35-63(53,60-45(7,8)9)61-46(10,11)12)30-37-24-22-26-39-33-55-48(15,16)57-42(37)39;1-26(2)12-4-3-11-23(27(17-39(33,34)35)13-19-7-5-9-21(15-29)24(19)31)28(18-40(36,37)38)14-20-8-6-10-22(16-30)25(20)32;/h21-26,40H,19-20,27-35H2,1-18H3;5-10,23,29-32H,3-4,11-18H2,1-2H3,(H2,33,34,35)(H2,36,37,38);/q;;+2/t40-;;/m0../s1. The van der Waals surface area contributed by atoms with E-state index in [1.807, 2.05) is 154 Å². The van der Waals surface area contributed by atoms with Gasteiger partial charge in [0.05, 0.1) is 55.0 Å². The van der Waals surface area contributed by atoms with Crippen LogP contribution in [0.25, 0.3) is 0 Å². The minimum Gasteiger partial charge on any atom is -0.507 e. The molecule has 0 spiro atoms. The summed E-state index contributed by atoms with van der Waals surface area (Å²) in [6.07, 6.45) is 1.44. The van der Waals surface area contributed by atoms with E-state index < -0.39 is 96.3 Å². The van der Waals surface area contributed by atoms with Gasteiger partial charge in [-0.2, -0.15) is 0 Å². The first-order chi connectivity index (χ1) is 47.3. The Balaban J connectivity index is 0.000000482. The number of fused-ring (bicyclic) bond motifs is 2. The molecular weight excluding hydrogens is 1460 g/mol. The fourth-order valence-corrected chi connectivity index (χ4v) is 19.0. The van der Waals surface area contributed by atoms with Crippen LogP contribution in [0.1, 0.15) is 194 Å². The Labute approximate surface area is 630 Å². The van der Waals surface area contributed by atoms with Gasteiger partial charge >= 0.3 is 47.5 Å². The summed E-state index contributed by atoms with van der Waals surface area (Å²) >= 11 is 0. The first-order valence-corrected chi connectivity index (χ1v) is 42.3. The van der Waals surface area contributed by atoms with Crippen LogP contribution in [0.5, 0.6) is 23.0 Å². The molecular formula is C73H124FeN6O20P4+2. The van der Waals surface area contributed by atoms with Gasteiger partial charge in [0.15, 0.2) is 0 Å². The Kier molecular flexibility index (Phi) is 35.1. The van der Waals surface area contributed by atoms with Gasteiger partial charge in [0.2, 0.25) is 11.6 Å². The van der Waals surface area contributed by atoms with Crippen LogP contribution in [0.4, 0.5) is 0 Å². The maximum Gasteiger partial charge on any atom is 2.00 e. The Morgan fingerprint density at radius 2 is 0.798 bits per heavy atom. The molecule has 2 aliphatic heterocycles. The zero-order valence-electron chi connectivity index (χ0n) is 65.2. The van der Waals surface area contributed by atoms with Gasteiger partial charge in [-0.25, -0.2) is 0 Å². The van der Waals surface area contributed by atoms with Crippen molar-refractivity contribution in [2.45, 2.75) is 248 Å². The first kappa shape index (κ1) is 93.2. The normalized spacial score (nSPS) is 15.6. The molecule has 31 heteroatoms. The summed E-state index contributed by atoms with van der Waals surface area (Å²) in [6, 6.07) is 21.1. The van der Waals surface area contributed by atoms with E-state index in [4.69, 9.17) is 37.0 Å². The number of hydrogen-bond donors (Lipinski definition) is 8. The zero-order chi connectivity index (χ0) is 77.5. The fraction of sp³-hybridized carbons (Fsp3) is 0.671. The van der Waals surface area contributed by atoms with E-state index >= 15 is 9.13 Å². The maximum absolute atomic E-state index is 15.4. The molecule has 0 fully saturated rings. The van der Waals surface area contributed by atoms with Gasteiger partial charge in [-0.1, -0.05) is 79.2 Å². The largest absolute Gasteiger partial charge is 2.00 e. The molecule has 0 unspecified atom stereocenters. The second-order valence-corrected chi connectivity index (χ2v) is 39.4. The molecule has 4 aromatic carbocycles. The minimum atomic E-state index is -4.71. The molecule has 1 atom stereocenters. The molecule has 0 radical (unpaired) electrons. The Morgan fingerprint density at radius 3 is 1.16 bits per heavy atom. The number of hydrogen-bond acceptors (Lipinski definition) is 22. The number of ether oxygens (including phenoxy) is 4.